The number of rotatable bonds is 2. The Hall–Kier alpha value is -2.21. The van der Waals surface area contributed by atoms with E-state index in [1.807, 2.05) is 13.1 Å². The summed E-state index contributed by atoms with van der Waals surface area (Å²) in [5.41, 5.74) is 1.86. The zero-order valence-electron chi connectivity index (χ0n) is 13.4. The van der Waals surface area contributed by atoms with E-state index in [4.69, 9.17) is 0 Å². The quantitative estimate of drug-likeness (QED) is 0.926. The van der Waals surface area contributed by atoms with Gasteiger partial charge in [0.25, 0.3) is 0 Å². The van der Waals surface area contributed by atoms with Crippen LogP contribution in [0.3, 0.4) is 0 Å². The molecule has 3 rings (SSSR count). The van der Waals surface area contributed by atoms with E-state index in [1.54, 1.807) is 24.1 Å². The van der Waals surface area contributed by atoms with Gasteiger partial charge in [0.15, 0.2) is 0 Å². The first kappa shape index (κ1) is 15.7. The summed E-state index contributed by atoms with van der Waals surface area (Å²) in [7, 11) is 1.82. The Bertz CT molecular complexity index is 706. The van der Waals surface area contributed by atoms with Crippen molar-refractivity contribution in [2.75, 3.05) is 20.1 Å². The van der Waals surface area contributed by atoms with Crippen LogP contribution < -0.4 is 5.32 Å². The first-order valence-electron chi connectivity index (χ1n) is 7.84. The number of benzene rings is 1. The number of nitrogens with zero attached hydrogens (tertiary/aromatic N) is 3. The summed E-state index contributed by atoms with van der Waals surface area (Å²) in [6.07, 6.45) is 5.05. The molecule has 122 valence electrons. The van der Waals surface area contributed by atoms with Gasteiger partial charge in [0, 0.05) is 24.8 Å². The van der Waals surface area contributed by atoms with E-state index in [1.165, 1.54) is 17.0 Å². The maximum Gasteiger partial charge on any atom is 0.329 e. The second-order valence-electron chi connectivity index (χ2n) is 6.00. The molecule has 0 atom stereocenters. The summed E-state index contributed by atoms with van der Waals surface area (Å²) < 4.78 is 15.2. The number of hydrogen-bond donors (Lipinski definition) is 1. The maximum absolute atomic E-state index is 13.7. The number of halogens is 1. The Labute approximate surface area is 135 Å². The lowest BCUT2D eigenvalue weighted by Gasteiger charge is -2.31. The van der Waals surface area contributed by atoms with Crippen LogP contribution in [0.25, 0.3) is 11.3 Å². The molecule has 1 aliphatic rings. The van der Waals surface area contributed by atoms with Gasteiger partial charge in [-0.05, 0) is 44.5 Å². The van der Waals surface area contributed by atoms with Crippen molar-refractivity contribution in [3.63, 3.8) is 0 Å². The van der Waals surface area contributed by atoms with Crippen LogP contribution in [0.2, 0.25) is 0 Å². The normalized spacial score (nSPS) is 15.6. The molecule has 1 saturated heterocycles. The monoisotopic (exact) mass is 316 g/mol. The van der Waals surface area contributed by atoms with Gasteiger partial charge in [0.1, 0.15) is 12.1 Å². The highest BCUT2D eigenvalue weighted by atomic mass is 19.1. The van der Waals surface area contributed by atoms with Gasteiger partial charge >= 0.3 is 6.03 Å². The summed E-state index contributed by atoms with van der Waals surface area (Å²) in [6, 6.07) is 5.11. The van der Waals surface area contributed by atoms with E-state index in [0.717, 1.165) is 25.9 Å². The Morgan fingerprint density at radius 2 is 2.13 bits per heavy atom. The van der Waals surface area contributed by atoms with Crippen molar-refractivity contribution >= 4 is 6.03 Å². The zero-order valence-corrected chi connectivity index (χ0v) is 13.4. The zero-order chi connectivity index (χ0) is 16.4. The highest BCUT2D eigenvalue weighted by Crippen LogP contribution is 2.20. The smallest absolute Gasteiger partial charge is 0.324 e. The standard InChI is InChI=1S/C17H21FN4O/c1-12-3-4-13(9-15(12)18)16-10-22(11-20-16)17(23)21(2)14-5-7-19-8-6-14/h3-4,9-11,14,19H,5-8H2,1-2H3. The molecule has 2 heterocycles. The Morgan fingerprint density at radius 1 is 1.39 bits per heavy atom. The number of carbonyl (C=O) groups excluding carboxylic acids is 1. The van der Waals surface area contributed by atoms with Gasteiger partial charge in [-0.25, -0.2) is 14.2 Å². The van der Waals surface area contributed by atoms with Crippen molar-refractivity contribution in [1.29, 1.82) is 0 Å². The van der Waals surface area contributed by atoms with E-state index >= 15 is 0 Å². The fourth-order valence-electron chi connectivity index (χ4n) is 2.86. The van der Waals surface area contributed by atoms with Crippen molar-refractivity contribution in [3.8, 4) is 11.3 Å². The molecule has 5 nitrogen and oxygen atoms in total. The molecule has 1 amide bonds. The average Bonchev–Trinajstić information content (AvgIpc) is 3.07. The summed E-state index contributed by atoms with van der Waals surface area (Å²) >= 11 is 0. The van der Waals surface area contributed by atoms with Crippen LogP contribution in [0.5, 0.6) is 0 Å². The van der Waals surface area contributed by atoms with Crippen LogP contribution in [0.15, 0.2) is 30.7 Å². The van der Waals surface area contributed by atoms with Gasteiger partial charge in [-0.15, -0.1) is 0 Å². The molecule has 1 N–H and O–H groups in total. The number of imidazole rings is 1. The predicted molar refractivity (Wildman–Crippen MR) is 86.8 cm³/mol. The minimum Gasteiger partial charge on any atom is -0.324 e. The second kappa shape index (κ2) is 6.50. The SMILES string of the molecule is Cc1ccc(-c2cn(C(=O)N(C)C3CCNCC3)cn2)cc1F. The molecule has 1 aromatic heterocycles. The third-order valence-electron chi connectivity index (χ3n) is 4.43. The molecular formula is C17H21FN4O. The molecule has 0 unspecified atom stereocenters. The van der Waals surface area contributed by atoms with Crippen LogP contribution in [-0.2, 0) is 0 Å². The summed E-state index contributed by atoms with van der Waals surface area (Å²) in [5.74, 6) is -0.268. The minimum atomic E-state index is -0.268. The molecule has 1 aromatic carbocycles. The fraction of sp³-hybridized carbons (Fsp3) is 0.412. The van der Waals surface area contributed by atoms with Crippen molar-refractivity contribution < 1.29 is 9.18 Å². The molecule has 0 saturated carbocycles. The van der Waals surface area contributed by atoms with E-state index in [0.29, 0.717) is 16.8 Å². The molecule has 0 radical (unpaired) electrons. The van der Waals surface area contributed by atoms with E-state index in [2.05, 4.69) is 10.3 Å². The predicted octanol–water partition coefficient (Wildman–Crippen LogP) is 2.65. The van der Waals surface area contributed by atoms with Crippen molar-refractivity contribution in [2.24, 2.45) is 0 Å². The van der Waals surface area contributed by atoms with Gasteiger partial charge in [-0.2, -0.15) is 0 Å². The Kier molecular flexibility index (Phi) is 4.43. The number of piperidine rings is 1. The molecule has 23 heavy (non-hydrogen) atoms. The number of carbonyl (C=O) groups is 1. The van der Waals surface area contributed by atoms with Crippen LogP contribution >= 0.6 is 0 Å². The Morgan fingerprint density at radius 3 is 2.83 bits per heavy atom. The van der Waals surface area contributed by atoms with Gasteiger partial charge in [-0.3, -0.25) is 4.57 Å². The second-order valence-corrected chi connectivity index (χ2v) is 6.00. The van der Waals surface area contributed by atoms with E-state index < -0.39 is 0 Å². The molecule has 6 heteroatoms. The third kappa shape index (κ3) is 3.27. The first-order valence-corrected chi connectivity index (χ1v) is 7.84. The van der Waals surface area contributed by atoms with Crippen molar-refractivity contribution in [1.82, 2.24) is 19.8 Å². The van der Waals surface area contributed by atoms with Gasteiger partial charge < -0.3 is 10.2 Å². The minimum absolute atomic E-state index is 0.108. The maximum atomic E-state index is 13.7. The van der Waals surface area contributed by atoms with Crippen LogP contribution in [0.1, 0.15) is 18.4 Å². The highest BCUT2D eigenvalue weighted by Gasteiger charge is 2.23. The lowest BCUT2D eigenvalue weighted by atomic mass is 10.1. The van der Waals surface area contributed by atoms with E-state index in [9.17, 15) is 9.18 Å². The number of aromatic nitrogens is 2. The molecule has 1 fully saturated rings. The van der Waals surface area contributed by atoms with Crippen LogP contribution in [0.4, 0.5) is 9.18 Å². The number of amides is 1. The van der Waals surface area contributed by atoms with Crippen LogP contribution in [-0.4, -0.2) is 46.7 Å². The Balaban J connectivity index is 1.77. The number of hydrogen-bond acceptors (Lipinski definition) is 3. The third-order valence-corrected chi connectivity index (χ3v) is 4.43. The molecule has 0 aliphatic carbocycles. The average molecular weight is 316 g/mol. The first-order chi connectivity index (χ1) is 11.1. The van der Waals surface area contributed by atoms with Crippen LogP contribution in [0, 0.1) is 12.7 Å². The molecule has 2 aromatic rings. The lowest BCUT2D eigenvalue weighted by Crippen LogP contribution is -2.45. The molecule has 0 bridgehead atoms. The summed E-state index contributed by atoms with van der Waals surface area (Å²) in [4.78, 5) is 18.6. The van der Waals surface area contributed by atoms with Gasteiger partial charge in [0.2, 0.25) is 0 Å². The van der Waals surface area contributed by atoms with Gasteiger partial charge in [-0.1, -0.05) is 12.1 Å². The topological polar surface area (TPSA) is 50.2 Å². The summed E-state index contributed by atoms with van der Waals surface area (Å²) in [5, 5.41) is 3.29. The summed E-state index contributed by atoms with van der Waals surface area (Å²) in [6.45, 7) is 3.58. The fourth-order valence-corrected chi connectivity index (χ4v) is 2.86. The molecular weight excluding hydrogens is 295 g/mol. The molecule has 0 spiro atoms. The number of aryl methyl sites for hydroxylation is 1. The highest BCUT2D eigenvalue weighted by molar-refractivity contribution is 5.78. The molecule has 1 aliphatic heterocycles. The van der Waals surface area contributed by atoms with Gasteiger partial charge in [0.05, 0.1) is 5.69 Å². The van der Waals surface area contributed by atoms with Crippen molar-refractivity contribution in [3.05, 3.63) is 42.1 Å². The number of nitrogens with one attached hydrogen (secondary N) is 1. The lowest BCUT2D eigenvalue weighted by molar-refractivity contribution is 0.178. The largest absolute Gasteiger partial charge is 0.329 e. The van der Waals surface area contributed by atoms with E-state index in [-0.39, 0.29) is 17.9 Å². The van der Waals surface area contributed by atoms with Crippen molar-refractivity contribution in [2.45, 2.75) is 25.8 Å².